The van der Waals surface area contributed by atoms with E-state index in [9.17, 15) is 9.59 Å². The van der Waals surface area contributed by atoms with Gasteiger partial charge in [-0.1, -0.05) is 30.3 Å². The van der Waals surface area contributed by atoms with E-state index in [4.69, 9.17) is 0 Å². The Kier molecular flexibility index (Phi) is 9.83. The van der Waals surface area contributed by atoms with Crippen LogP contribution in [0.2, 0.25) is 0 Å². The fraction of sp³-hybridized carbons (Fsp3) is 0.571. The number of piperidine rings is 1. The van der Waals surface area contributed by atoms with Crippen LogP contribution in [0.3, 0.4) is 0 Å². The van der Waals surface area contributed by atoms with Crippen LogP contribution < -0.4 is 16.0 Å². The highest BCUT2D eigenvalue weighted by atomic mass is 127. The van der Waals surface area contributed by atoms with Crippen molar-refractivity contribution in [3.8, 4) is 0 Å². The summed E-state index contributed by atoms with van der Waals surface area (Å²) in [4.78, 5) is 31.6. The van der Waals surface area contributed by atoms with Crippen molar-refractivity contribution in [3.63, 3.8) is 0 Å². The number of hydrogen-bond acceptors (Lipinski definition) is 4. The Morgan fingerprint density at radius 3 is 2.67 bits per heavy atom. The lowest BCUT2D eigenvalue weighted by molar-refractivity contribution is -0.124. The molecule has 0 bridgehead atoms. The average molecular weight is 528 g/mol. The highest BCUT2D eigenvalue weighted by Crippen LogP contribution is 2.19. The minimum Gasteiger partial charge on any atom is -0.357 e. The molecule has 0 aliphatic carbocycles. The third kappa shape index (κ3) is 6.83. The molecule has 2 atom stereocenters. The average Bonchev–Trinajstić information content (AvgIpc) is 3.03. The van der Waals surface area contributed by atoms with Crippen molar-refractivity contribution in [2.75, 3.05) is 32.7 Å². The van der Waals surface area contributed by atoms with E-state index in [0.717, 1.165) is 38.4 Å². The van der Waals surface area contributed by atoms with Crippen molar-refractivity contribution in [3.05, 3.63) is 35.9 Å². The number of hydrogen-bond donors (Lipinski definition) is 3. The van der Waals surface area contributed by atoms with Crippen LogP contribution in [0.5, 0.6) is 0 Å². The van der Waals surface area contributed by atoms with Crippen molar-refractivity contribution in [1.82, 2.24) is 25.8 Å². The van der Waals surface area contributed by atoms with E-state index in [1.165, 1.54) is 10.5 Å². The summed E-state index contributed by atoms with van der Waals surface area (Å²) in [5.41, 5.74) is 1.35. The Hall–Kier alpha value is -1.88. The summed E-state index contributed by atoms with van der Waals surface area (Å²) in [6.45, 7) is 7.85. The number of halogens is 1. The molecule has 8 nitrogen and oxygen atoms in total. The van der Waals surface area contributed by atoms with E-state index in [2.05, 4.69) is 63.1 Å². The molecule has 3 amide bonds. The van der Waals surface area contributed by atoms with Crippen LogP contribution in [0.1, 0.15) is 32.3 Å². The number of nitrogens with zero attached hydrogens (tertiary/aromatic N) is 3. The first kappa shape index (κ1) is 24.4. The Morgan fingerprint density at radius 1 is 1.27 bits per heavy atom. The molecule has 3 rings (SSSR count). The van der Waals surface area contributed by atoms with E-state index in [0.29, 0.717) is 25.2 Å². The SMILES string of the molecule is CCNC(=NCCN1C(=O)CNC1=O)NC1CCN(Cc2ccccc2)C(C)C1.I. The summed E-state index contributed by atoms with van der Waals surface area (Å²) in [6.07, 6.45) is 2.10. The monoisotopic (exact) mass is 528 g/mol. The third-order valence-corrected chi connectivity index (χ3v) is 5.46. The Bertz CT molecular complexity index is 713. The number of guanidine groups is 1. The molecule has 2 aliphatic rings. The molecule has 0 saturated carbocycles. The van der Waals surface area contributed by atoms with Crippen LogP contribution in [-0.2, 0) is 11.3 Å². The Labute approximate surface area is 195 Å². The lowest BCUT2D eigenvalue weighted by atomic mass is 9.97. The normalized spacial score (nSPS) is 22.5. The first-order valence-electron chi connectivity index (χ1n) is 10.5. The Morgan fingerprint density at radius 2 is 2.03 bits per heavy atom. The van der Waals surface area contributed by atoms with Crippen molar-refractivity contribution in [2.24, 2.45) is 4.99 Å². The van der Waals surface area contributed by atoms with Gasteiger partial charge in [-0.15, -0.1) is 24.0 Å². The smallest absolute Gasteiger partial charge is 0.324 e. The van der Waals surface area contributed by atoms with Gasteiger partial charge in [0.1, 0.15) is 0 Å². The second-order valence-electron chi connectivity index (χ2n) is 7.64. The van der Waals surface area contributed by atoms with E-state index in [1.54, 1.807) is 0 Å². The van der Waals surface area contributed by atoms with E-state index < -0.39 is 0 Å². The number of carbonyl (C=O) groups excluding carboxylic acids is 2. The minimum absolute atomic E-state index is 0. The molecule has 9 heteroatoms. The first-order chi connectivity index (χ1) is 14.1. The van der Waals surface area contributed by atoms with Gasteiger partial charge in [-0.25, -0.2) is 4.79 Å². The molecule has 30 heavy (non-hydrogen) atoms. The molecule has 0 spiro atoms. The molecular formula is C21H33IN6O2. The summed E-state index contributed by atoms with van der Waals surface area (Å²) in [6, 6.07) is 11.1. The van der Waals surface area contributed by atoms with Gasteiger partial charge in [0.15, 0.2) is 5.96 Å². The van der Waals surface area contributed by atoms with Gasteiger partial charge in [0.25, 0.3) is 0 Å². The number of likely N-dealkylation sites (tertiary alicyclic amines) is 1. The lowest BCUT2D eigenvalue weighted by Gasteiger charge is -2.38. The molecule has 3 N–H and O–H groups in total. The zero-order chi connectivity index (χ0) is 20.6. The molecule has 0 radical (unpaired) electrons. The fourth-order valence-corrected chi connectivity index (χ4v) is 3.86. The van der Waals surface area contributed by atoms with Crippen molar-refractivity contribution >= 4 is 41.9 Å². The molecule has 2 fully saturated rings. The van der Waals surface area contributed by atoms with Gasteiger partial charge in [0.05, 0.1) is 19.6 Å². The molecule has 1 aromatic rings. The molecule has 2 saturated heterocycles. The van der Waals surface area contributed by atoms with Crippen molar-refractivity contribution in [2.45, 2.75) is 45.3 Å². The first-order valence-corrected chi connectivity index (χ1v) is 10.5. The van der Waals surface area contributed by atoms with Gasteiger partial charge >= 0.3 is 6.03 Å². The molecule has 2 unspecified atom stereocenters. The van der Waals surface area contributed by atoms with Crippen LogP contribution in [0, 0.1) is 0 Å². The predicted octanol–water partition coefficient (Wildman–Crippen LogP) is 1.76. The maximum atomic E-state index is 11.7. The van der Waals surface area contributed by atoms with Crippen LogP contribution >= 0.6 is 24.0 Å². The fourth-order valence-electron chi connectivity index (χ4n) is 3.86. The van der Waals surface area contributed by atoms with Gasteiger partial charge in [0.2, 0.25) is 5.91 Å². The number of amides is 3. The molecule has 2 aliphatic heterocycles. The Balaban J connectivity index is 0.00000320. The number of carbonyl (C=O) groups is 2. The van der Waals surface area contributed by atoms with E-state index in [1.807, 2.05) is 6.92 Å². The van der Waals surface area contributed by atoms with Gasteiger partial charge in [-0.3, -0.25) is 19.6 Å². The second kappa shape index (κ2) is 12.1. The summed E-state index contributed by atoms with van der Waals surface area (Å²) < 4.78 is 0. The highest BCUT2D eigenvalue weighted by Gasteiger charge is 2.28. The van der Waals surface area contributed by atoms with Gasteiger partial charge in [-0.2, -0.15) is 0 Å². The maximum Gasteiger partial charge on any atom is 0.324 e. The molecule has 0 aromatic heterocycles. The molecule has 2 heterocycles. The quantitative estimate of drug-likeness (QED) is 0.217. The van der Waals surface area contributed by atoms with Gasteiger partial charge < -0.3 is 16.0 Å². The van der Waals surface area contributed by atoms with Crippen molar-refractivity contribution < 1.29 is 9.59 Å². The lowest BCUT2D eigenvalue weighted by Crippen LogP contribution is -2.51. The summed E-state index contributed by atoms with van der Waals surface area (Å²) in [7, 11) is 0. The topological polar surface area (TPSA) is 89.1 Å². The van der Waals surface area contributed by atoms with Crippen LogP contribution in [-0.4, -0.2) is 72.5 Å². The number of nitrogens with one attached hydrogen (secondary N) is 3. The minimum atomic E-state index is -0.331. The second-order valence-corrected chi connectivity index (χ2v) is 7.64. The van der Waals surface area contributed by atoms with Crippen LogP contribution in [0.25, 0.3) is 0 Å². The molecule has 166 valence electrons. The number of urea groups is 1. The molecular weight excluding hydrogens is 495 g/mol. The summed E-state index contributed by atoms with van der Waals surface area (Å²) >= 11 is 0. The zero-order valence-electron chi connectivity index (χ0n) is 17.8. The number of imide groups is 1. The largest absolute Gasteiger partial charge is 0.357 e. The van der Waals surface area contributed by atoms with Crippen LogP contribution in [0.15, 0.2) is 35.3 Å². The van der Waals surface area contributed by atoms with E-state index in [-0.39, 0.29) is 42.5 Å². The number of rotatable bonds is 7. The van der Waals surface area contributed by atoms with Gasteiger partial charge in [0, 0.05) is 31.7 Å². The number of aliphatic imine (C=N–C) groups is 1. The summed E-state index contributed by atoms with van der Waals surface area (Å²) in [5, 5.41) is 9.32. The van der Waals surface area contributed by atoms with Gasteiger partial charge in [-0.05, 0) is 32.3 Å². The van der Waals surface area contributed by atoms with Crippen LogP contribution in [0.4, 0.5) is 4.79 Å². The maximum absolute atomic E-state index is 11.7. The van der Waals surface area contributed by atoms with Crippen molar-refractivity contribution in [1.29, 1.82) is 0 Å². The molecule has 1 aromatic carbocycles. The number of benzene rings is 1. The summed E-state index contributed by atoms with van der Waals surface area (Å²) in [5.74, 6) is 0.552. The standard InChI is InChI=1S/C21H32N6O2.HI/c1-3-22-20(23-10-12-27-19(28)14-24-21(27)29)25-18-9-11-26(16(2)13-18)15-17-7-5-4-6-8-17;/h4-8,16,18H,3,9-15H2,1-2H3,(H,24,29)(H2,22,23,25);1H. The predicted molar refractivity (Wildman–Crippen MR) is 129 cm³/mol. The zero-order valence-corrected chi connectivity index (χ0v) is 20.1. The third-order valence-electron chi connectivity index (χ3n) is 5.46. The highest BCUT2D eigenvalue weighted by molar-refractivity contribution is 14.0. The van der Waals surface area contributed by atoms with E-state index >= 15 is 0 Å².